The Labute approximate surface area is 130 Å². The molecule has 0 amide bonds. The van der Waals surface area contributed by atoms with E-state index in [0.717, 1.165) is 28.2 Å². The minimum atomic E-state index is -0.283. The molecular weight excluding hydrogens is 276 g/mol. The van der Waals surface area contributed by atoms with Crippen molar-refractivity contribution in [3.05, 3.63) is 53.6 Å². The summed E-state index contributed by atoms with van der Waals surface area (Å²) in [6.07, 6.45) is 5.89. The van der Waals surface area contributed by atoms with Gasteiger partial charge in [-0.3, -0.25) is 9.79 Å². The van der Waals surface area contributed by atoms with E-state index < -0.39 is 0 Å². The molecule has 0 N–H and O–H groups in total. The number of hydrogen-bond donors (Lipinski definition) is 0. The van der Waals surface area contributed by atoms with Gasteiger partial charge < -0.3 is 4.74 Å². The monoisotopic (exact) mass is 296 g/mol. The third kappa shape index (κ3) is 3.79. The number of allylic oxidation sites excluding steroid dienone is 3. The number of carbonyl (C=O) groups is 1. The van der Waals surface area contributed by atoms with Gasteiger partial charge in [-0.2, -0.15) is 0 Å². The molecule has 2 rings (SSSR count). The largest absolute Gasteiger partial charge is 0.469 e. The van der Waals surface area contributed by atoms with Crippen molar-refractivity contribution in [2.45, 2.75) is 20.3 Å². The summed E-state index contributed by atoms with van der Waals surface area (Å²) in [6, 6.07) is 7.90. The number of aryl methyl sites for hydroxylation is 1. The summed E-state index contributed by atoms with van der Waals surface area (Å²) >= 11 is 0. The molecule has 0 heterocycles. The van der Waals surface area contributed by atoms with Crippen LogP contribution in [0.4, 0.5) is 5.69 Å². The lowest BCUT2D eigenvalue weighted by atomic mass is 9.97. The second-order valence-electron chi connectivity index (χ2n) is 4.91. The first-order valence-electron chi connectivity index (χ1n) is 7.29. The van der Waals surface area contributed by atoms with Crippen molar-refractivity contribution in [3.8, 4) is 0 Å². The number of esters is 1. The molecule has 1 aromatic rings. The summed E-state index contributed by atoms with van der Waals surface area (Å²) in [4.78, 5) is 20.9. The van der Waals surface area contributed by atoms with Crippen LogP contribution in [0.2, 0.25) is 0 Å². The SMILES string of the molecule is CC/N=C1\C=CC=C(CC(=O)OC)\C1=N\c1ccccc1C. The number of benzene rings is 1. The van der Waals surface area contributed by atoms with Crippen molar-refractivity contribution in [1.82, 2.24) is 0 Å². The Morgan fingerprint density at radius 1 is 1.27 bits per heavy atom. The molecule has 0 spiro atoms. The maximum atomic E-state index is 11.6. The van der Waals surface area contributed by atoms with Crippen LogP contribution in [0.15, 0.2) is 58.1 Å². The van der Waals surface area contributed by atoms with Crippen molar-refractivity contribution in [2.75, 3.05) is 13.7 Å². The molecule has 0 saturated heterocycles. The van der Waals surface area contributed by atoms with E-state index in [2.05, 4.69) is 4.99 Å². The zero-order valence-corrected chi connectivity index (χ0v) is 13.2. The lowest BCUT2D eigenvalue weighted by Crippen LogP contribution is -2.20. The van der Waals surface area contributed by atoms with Crippen molar-refractivity contribution in [1.29, 1.82) is 0 Å². The highest BCUT2D eigenvalue weighted by Crippen LogP contribution is 2.22. The van der Waals surface area contributed by atoms with E-state index in [4.69, 9.17) is 9.73 Å². The smallest absolute Gasteiger partial charge is 0.310 e. The molecule has 0 saturated carbocycles. The maximum absolute atomic E-state index is 11.6. The Balaban J connectivity index is 2.46. The Morgan fingerprint density at radius 3 is 2.73 bits per heavy atom. The van der Waals surface area contributed by atoms with Gasteiger partial charge in [-0.25, -0.2) is 4.99 Å². The molecule has 0 aliphatic heterocycles. The molecule has 1 aromatic carbocycles. The molecule has 0 radical (unpaired) electrons. The van der Waals surface area contributed by atoms with Crippen LogP contribution in [-0.2, 0) is 9.53 Å². The van der Waals surface area contributed by atoms with E-state index in [1.807, 2.05) is 56.3 Å². The van der Waals surface area contributed by atoms with Crippen LogP contribution in [0.25, 0.3) is 0 Å². The minimum absolute atomic E-state index is 0.189. The first-order chi connectivity index (χ1) is 10.7. The Kier molecular flexibility index (Phi) is 5.42. The molecule has 4 heteroatoms. The summed E-state index contributed by atoms with van der Waals surface area (Å²) < 4.78 is 4.77. The van der Waals surface area contributed by atoms with Crippen LogP contribution in [0.1, 0.15) is 18.9 Å². The molecule has 0 unspecified atom stereocenters. The third-order valence-electron chi connectivity index (χ3n) is 3.34. The van der Waals surface area contributed by atoms with Gasteiger partial charge in [-0.1, -0.05) is 30.4 Å². The summed E-state index contributed by atoms with van der Waals surface area (Å²) in [5.74, 6) is -0.283. The molecule has 0 aromatic heterocycles. The summed E-state index contributed by atoms with van der Waals surface area (Å²) in [6.45, 7) is 4.65. The molecule has 4 nitrogen and oxygen atoms in total. The van der Waals surface area contributed by atoms with Crippen LogP contribution in [0, 0.1) is 6.92 Å². The summed E-state index contributed by atoms with van der Waals surface area (Å²) in [7, 11) is 1.39. The van der Waals surface area contributed by atoms with Crippen LogP contribution in [0.5, 0.6) is 0 Å². The molecule has 0 atom stereocenters. The standard InChI is InChI=1S/C18H20N2O2/c1-4-19-16-11-7-9-14(12-17(21)22-3)18(16)20-15-10-6-5-8-13(15)2/h5-11H,4,12H2,1-3H3/b19-16+,20-18-. The van der Waals surface area contributed by atoms with Crippen LogP contribution >= 0.6 is 0 Å². The van der Waals surface area contributed by atoms with Crippen LogP contribution in [-0.4, -0.2) is 31.0 Å². The van der Waals surface area contributed by atoms with Crippen molar-refractivity contribution in [2.24, 2.45) is 9.98 Å². The predicted octanol–water partition coefficient (Wildman–Crippen LogP) is 3.59. The first-order valence-corrected chi connectivity index (χ1v) is 7.29. The highest BCUT2D eigenvalue weighted by molar-refractivity contribution is 6.53. The van der Waals surface area contributed by atoms with Crippen LogP contribution < -0.4 is 0 Å². The average molecular weight is 296 g/mol. The molecule has 0 bridgehead atoms. The topological polar surface area (TPSA) is 51.0 Å². The third-order valence-corrected chi connectivity index (χ3v) is 3.34. The maximum Gasteiger partial charge on any atom is 0.310 e. The number of carbonyl (C=O) groups excluding carboxylic acids is 1. The lowest BCUT2D eigenvalue weighted by molar-refractivity contribution is -0.139. The molecule has 114 valence electrons. The zero-order chi connectivity index (χ0) is 15.9. The second kappa shape index (κ2) is 7.50. The van der Waals surface area contributed by atoms with E-state index in [1.165, 1.54) is 7.11 Å². The Morgan fingerprint density at radius 2 is 2.05 bits per heavy atom. The van der Waals surface area contributed by atoms with Crippen molar-refractivity contribution in [3.63, 3.8) is 0 Å². The van der Waals surface area contributed by atoms with Crippen molar-refractivity contribution >= 4 is 23.1 Å². The fourth-order valence-corrected chi connectivity index (χ4v) is 2.18. The zero-order valence-electron chi connectivity index (χ0n) is 13.2. The number of rotatable bonds is 4. The highest BCUT2D eigenvalue weighted by atomic mass is 16.5. The Bertz CT molecular complexity index is 682. The van der Waals surface area contributed by atoms with Gasteiger partial charge >= 0.3 is 5.97 Å². The minimum Gasteiger partial charge on any atom is -0.469 e. The quantitative estimate of drug-likeness (QED) is 0.630. The van der Waals surface area contributed by atoms with Gasteiger partial charge in [-0.15, -0.1) is 0 Å². The number of hydrogen-bond acceptors (Lipinski definition) is 4. The van der Waals surface area contributed by atoms with E-state index in [9.17, 15) is 4.79 Å². The molecular formula is C18H20N2O2. The van der Waals surface area contributed by atoms with Gasteiger partial charge in [0.15, 0.2) is 0 Å². The number of ether oxygens (including phenoxy) is 1. The first kappa shape index (κ1) is 15.9. The van der Waals surface area contributed by atoms with E-state index in [0.29, 0.717) is 6.54 Å². The highest BCUT2D eigenvalue weighted by Gasteiger charge is 2.18. The van der Waals surface area contributed by atoms with Gasteiger partial charge in [0.25, 0.3) is 0 Å². The number of methoxy groups -OCH3 is 1. The van der Waals surface area contributed by atoms with Gasteiger partial charge in [0.1, 0.15) is 0 Å². The number of nitrogens with zero attached hydrogens (tertiary/aromatic N) is 2. The second-order valence-corrected chi connectivity index (χ2v) is 4.91. The normalized spacial score (nSPS) is 17.7. The van der Waals surface area contributed by atoms with Gasteiger partial charge in [0, 0.05) is 6.54 Å². The van der Waals surface area contributed by atoms with E-state index in [1.54, 1.807) is 0 Å². The predicted molar refractivity (Wildman–Crippen MR) is 90.1 cm³/mol. The molecule has 0 fully saturated rings. The Hall–Kier alpha value is -2.49. The number of para-hydroxylation sites is 1. The average Bonchev–Trinajstić information content (AvgIpc) is 2.52. The van der Waals surface area contributed by atoms with Gasteiger partial charge in [-0.05, 0) is 37.1 Å². The van der Waals surface area contributed by atoms with Crippen molar-refractivity contribution < 1.29 is 9.53 Å². The number of aliphatic imine (C=N–C) groups is 2. The molecule has 1 aliphatic rings. The van der Waals surface area contributed by atoms with E-state index >= 15 is 0 Å². The van der Waals surface area contributed by atoms with E-state index in [-0.39, 0.29) is 12.4 Å². The van der Waals surface area contributed by atoms with Gasteiger partial charge in [0.2, 0.25) is 0 Å². The van der Waals surface area contributed by atoms with Crippen LogP contribution in [0.3, 0.4) is 0 Å². The molecule has 22 heavy (non-hydrogen) atoms. The lowest BCUT2D eigenvalue weighted by Gasteiger charge is -2.14. The fourth-order valence-electron chi connectivity index (χ4n) is 2.18. The van der Waals surface area contributed by atoms with Gasteiger partial charge in [0.05, 0.1) is 30.6 Å². The fraction of sp³-hybridized carbons (Fsp3) is 0.278. The summed E-state index contributed by atoms with van der Waals surface area (Å²) in [5.41, 5.74) is 4.33. The summed E-state index contributed by atoms with van der Waals surface area (Å²) in [5, 5.41) is 0. The molecule has 1 aliphatic carbocycles.